The molecular weight excluding hydrogens is 364 g/mol. The second-order valence-corrected chi connectivity index (χ2v) is 7.30. The first-order valence-corrected chi connectivity index (χ1v) is 9.63. The molecule has 0 aromatic heterocycles. The first-order chi connectivity index (χ1) is 12.7. The lowest BCUT2D eigenvalue weighted by atomic mass is 10.1. The molecule has 2 aromatic rings. The molecule has 2 aromatic carbocycles. The van der Waals surface area contributed by atoms with Crippen LogP contribution in [0.4, 0.5) is 4.39 Å². The number of allylic oxidation sites excluding steroid dienone is 1. The van der Waals surface area contributed by atoms with Crippen LogP contribution in [0.3, 0.4) is 0 Å². The molecule has 0 amide bonds. The molecule has 0 radical (unpaired) electrons. The highest BCUT2D eigenvalue weighted by Crippen LogP contribution is 2.22. The second kappa shape index (κ2) is 8.91. The van der Waals surface area contributed by atoms with Gasteiger partial charge in [0.2, 0.25) is 0 Å². The number of benzene rings is 2. The lowest BCUT2D eigenvalue weighted by Crippen LogP contribution is -2.00. The fourth-order valence-corrected chi connectivity index (χ4v) is 3.58. The molecular formula is C21H17FNOPS. The van der Waals surface area contributed by atoms with Gasteiger partial charge >= 0.3 is 0 Å². The van der Waals surface area contributed by atoms with E-state index in [1.807, 2.05) is 29.7 Å². The van der Waals surface area contributed by atoms with Crippen LogP contribution in [0.5, 0.6) is 5.75 Å². The maximum absolute atomic E-state index is 14.0. The van der Waals surface area contributed by atoms with Crippen LogP contribution in [-0.4, -0.2) is 6.61 Å². The van der Waals surface area contributed by atoms with E-state index in [9.17, 15) is 4.39 Å². The minimum atomic E-state index is -0.432. The van der Waals surface area contributed by atoms with E-state index >= 15 is 0 Å². The molecule has 26 heavy (non-hydrogen) atoms. The number of nitrogens with zero attached hydrogens (tertiary/aromatic N) is 1. The monoisotopic (exact) mass is 381 g/mol. The van der Waals surface area contributed by atoms with Gasteiger partial charge in [0.1, 0.15) is 23.6 Å². The quantitative estimate of drug-likeness (QED) is 0.251. The first kappa shape index (κ1) is 18.5. The summed E-state index contributed by atoms with van der Waals surface area (Å²) in [5.41, 5.74) is 2.77. The molecule has 0 N–H and O–H groups in total. The Hall–Kier alpha value is -2.26. The smallest absolute Gasteiger partial charge is 0.139 e. The number of ether oxygens (including phenoxy) is 1. The SMILES string of the molecule is N#CSc1c(F)cc(C#Cc2ccc(OCC3=CCCC3)cc2)cc1P. The summed E-state index contributed by atoms with van der Waals surface area (Å²) in [4.78, 5) is 0.321. The molecule has 0 aliphatic heterocycles. The topological polar surface area (TPSA) is 33.0 Å². The standard InChI is InChI=1S/C21H17FNOPS/c22-19-11-17(12-20(25)21(19)26-14-23)6-5-15-7-9-18(10-8-15)24-13-16-3-1-2-4-16/h3,7-12H,1-2,4,13,25H2. The molecule has 0 spiro atoms. The molecule has 2 nitrogen and oxygen atoms in total. The van der Waals surface area contributed by atoms with Gasteiger partial charge in [-0.15, -0.1) is 9.24 Å². The van der Waals surface area contributed by atoms with Crippen LogP contribution in [0, 0.1) is 28.3 Å². The van der Waals surface area contributed by atoms with Crippen molar-refractivity contribution >= 4 is 26.3 Å². The summed E-state index contributed by atoms with van der Waals surface area (Å²) < 4.78 is 19.8. The first-order valence-electron chi connectivity index (χ1n) is 8.23. The Bertz CT molecular complexity index is 912. The summed E-state index contributed by atoms with van der Waals surface area (Å²) in [6.07, 6.45) is 5.76. The molecule has 1 aliphatic rings. The Labute approximate surface area is 159 Å². The fraction of sp³-hybridized carbons (Fsp3) is 0.190. The number of hydrogen-bond acceptors (Lipinski definition) is 3. The predicted octanol–water partition coefficient (Wildman–Crippen LogP) is 4.79. The molecule has 0 bridgehead atoms. The summed E-state index contributed by atoms with van der Waals surface area (Å²) in [6.45, 7) is 0.647. The van der Waals surface area contributed by atoms with Crippen molar-refractivity contribution in [3.05, 3.63) is 65.0 Å². The van der Waals surface area contributed by atoms with Gasteiger partial charge < -0.3 is 4.74 Å². The summed E-state index contributed by atoms with van der Waals surface area (Å²) >= 11 is 0.811. The Morgan fingerprint density at radius 1 is 1.15 bits per heavy atom. The van der Waals surface area contributed by atoms with E-state index in [1.54, 1.807) is 6.07 Å². The second-order valence-electron chi connectivity index (χ2n) is 5.89. The minimum Gasteiger partial charge on any atom is -0.489 e. The molecule has 1 unspecified atom stereocenters. The average molecular weight is 381 g/mol. The van der Waals surface area contributed by atoms with E-state index in [4.69, 9.17) is 10.00 Å². The number of hydrogen-bond donors (Lipinski definition) is 0. The Balaban J connectivity index is 1.67. The van der Waals surface area contributed by atoms with Gasteiger partial charge in [0, 0.05) is 11.1 Å². The van der Waals surface area contributed by atoms with Crippen LogP contribution in [0.2, 0.25) is 0 Å². The van der Waals surface area contributed by atoms with E-state index in [0.29, 0.717) is 22.4 Å². The highest BCUT2D eigenvalue weighted by atomic mass is 32.2. The van der Waals surface area contributed by atoms with Gasteiger partial charge in [0.15, 0.2) is 0 Å². The summed E-state index contributed by atoms with van der Waals surface area (Å²) in [5, 5.41) is 11.2. The third kappa shape index (κ3) is 4.89. The van der Waals surface area contributed by atoms with Crippen molar-refractivity contribution in [2.24, 2.45) is 0 Å². The zero-order valence-electron chi connectivity index (χ0n) is 14.1. The lowest BCUT2D eigenvalue weighted by molar-refractivity contribution is 0.349. The predicted molar refractivity (Wildman–Crippen MR) is 107 cm³/mol. The van der Waals surface area contributed by atoms with Crippen molar-refractivity contribution in [3.63, 3.8) is 0 Å². The van der Waals surface area contributed by atoms with Gasteiger partial charge in [0.05, 0.1) is 4.90 Å². The Morgan fingerprint density at radius 3 is 2.58 bits per heavy atom. The number of rotatable bonds is 4. The van der Waals surface area contributed by atoms with Crippen LogP contribution < -0.4 is 10.0 Å². The van der Waals surface area contributed by atoms with Gasteiger partial charge in [0.25, 0.3) is 0 Å². The third-order valence-electron chi connectivity index (χ3n) is 3.98. The van der Waals surface area contributed by atoms with Crippen molar-refractivity contribution < 1.29 is 9.13 Å². The summed E-state index contributed by atoms with van der Waals surface area (Å²) in [5.74, 6) is 6.38. The highest BCUT2D eigenvalue weighted by molar-refractivity contribution is 8.04. The van der Waals surface area contributed by atoms with Crippen molar-refractivity contribution in [1.29, 1.82) is 5.26 Å². The molecule has 0 saturated heterocycles. The number of nitriles is 1. The average Bonchev–Trinajstić information content (AvgIpc) is 3.16. The lowest BCUT2D eigenvalue weighted by Gasteiger charge is -2.06. The van der Waals surface area contributed by atoms with Crippen LogP contribution in [0.15, 0.2) is 52.9 Å². The van der Waals surface area contributed by atoms with Gasteiger partial charge in [-0.25, -0.2) is 4.39 Å². The van der Waals surface area contributed by atoms with Crippen LogP contribution in [-0.2, 0) is 0 Å². The van der Waals surface area contributed by atoms with E-state index in [1.165, 1.54) is 18.1 Å². The zero-order valence-corrected chi connectivity index (χ0v) is 16.1. The highest BCUT2D eigenvalue weighted by Gasteiger charge is 2.08. The van der Waals surface area contributed by atoms with Gasteiger partial charge in [-0.3, -0.25) is 0 Å². The van der Waals surface area contributed by atoms with Gasteiger partial charge in [-0.05, 0) is 78.3 Å². The minimum absolute atomic E-state index is 0.321. The normalized spacial score (nSPS) is 12.7. The van der Waals surface area contributed by atoms with Gasteiger partial charge in [-0.2, -0.15) is 5.26 Å². The van der Waals surface area contributed by atoms with Gasteiger partial charge in [-0.1, -0.05) is 17.9 Å². The molecule has 0 heterocycles. The molecule has 5 heteroatoms. The van der Waals surface area contributed by atoms with Crippen molar-refractivity contribution in [3.8, 4) is 23.0 Å². The molecule has 1 atom stereocenters. The maximum Gasteiger partial charge on any atom is 0.139 e. The summed E-state index contributed by atoms with van der Waals surface area (Å²) in [7, 11) is 2.44. The van der Waals surface area contributed by atoms with Crippen LogP contribution in [0.1, 0.15) is 30.4 Å². The fourth-order valence-electron chi connectivity index (χ4n) is 2.66. The van der Waals surface area contributed by atoms with E-state index < -0.39 is 5.82 Å². The van der Waals surface area contributed by atoms with E-state index in [2.05, 4.69) is 27.2 Å². The number of halogens is 1. The molecule has 3 rings (SSSR count). The van der Waals surface area contributed by atoms with Crippen molar-refractivity contribution in [2.45, 2.75) is 24.2 Å². The zero-order chi connectivity index (χ0) is 18.4. The van der Waals surface area contributed by atoms with Crippen molar-refractivity contribution in [1.82, 2.24) is 0 Å². The largest absolute Gasteiger partial charge is 0.489 e. The molecule has 0 fully saturated rings. The Kier molecular flexibility index (Phi) is 6.35. The summed E-state index contributed by atoms with van der Waals surface area (Å²) in [6, 6.07) is 10.7. The van der Waals surface area contributed by atoms with E-state index in [-0.39, 0.29) is 0 Å². The van der Waals surface area contributed by atoms with Crippen molar-refractivity contribution in [2.75, 3.05) is 6.61 Å². The number of thioether (sulfide) groups is 1. The molecule has 1 aliphatic carbocycles. The Morgan fingerprint density at radius 2 is 1.92 bits per heavy atom. The molecule has 130 valence electrons. The molecule has 0 saturated carbocycles. The number of thiocyanates is 1. The van der Waals surface area contributed by atoms with Crippen LogP contribution >= 0.6 is 21.0 Å². The third-order valence-corrected chi connectivity index (χ3v) is 5.38. The van der Waals surface area contributed by atoms with E-state index in [0.717, 1.165) is 35.9 Å². The maximum atomic E-state index is 14.0. The van der Waals surface area contributed by atoms with Crippen LogP contribution in [0.25, 0.3) is 0 Å².